The molecular weight excluding hydrogens is 378 g/mol. The van der Waals surface area contributed by atoms with Gasteiger partial charge in [-0.2, -0.15) is 10.4 Å². The Bertz CT molecular complexity index is 1260. The topological polar surface area (TPSA) is 110 Å². The van der Waals surface area contributed by atoms with Gasteiger partial charge in [-0.1, -0.05) is 6.07 Å². The molecule has 1 saturated heterocycles. The predicted molar refractivity (Wildman–Crippen MR) is 113 cm³/mol. The number of aromatic nitrogens is 4. The smallest absolute Gasteiger partial charge is 0.231 e. The first-order valence-corrected chi connectivity index (χ1v) is 9.91. The molecule has 0 unspecified atom stereocenters. The molecule has 0 bridgehead atoms. The Morgan fingerprint density at radius 1 is 1.20 bits per heavy atom. The molecular formula is C22H21N7O. The molecule has 0 saturated carbocycles. The summed E-state index contributed by atoms with van der Waals surface area (Å²) in [5.41, 5.74) is 10.1. The zero-order chi connectivity index (χ0) is 20.7. The Morgan fingerprint density at radius 2 is 2.03 bits per heavy atom. The standard InChI is InChI=1S/C22H21N7O/c1-28-7-5-17(6-8-28)29-13-16(12-26-29)15-9-18(21(24)25-11-15)22-27-20-14(10-23)3-2-4-19(20)30-22/h2-4,9,11-13,17H,5-8H2,1H3,(H2,24,25). The lowest BCUT2D eigenvalue weighted by atomic mass is 10.1. The molecule has 1 aromatic carbocycles. The van der Waals surface area contributed by atoms with Crippen LogP contribution in [0.1, 0.15) is 24.4 Å². The lowest BCUT2D eigenvalue weighted by molar-refractivity contribution is 0.212. The van der Waals surface area contributed by atoms with Crippen LogP contribution >= 0.6 is 0 Å². The van der Waals surface area contributed by atoms with Crippen LogP contribution < -0.4 is 5.73 Å². The van der Waals surface area contributed by atoms with Gasteiger partial charge in [0.05, 0.1) is 23.4 Å². The molecule has 8 heteroatoms. The number of piperidine rings is 1. The van der Waals surface area contributed by atoms with Crippen LogP contribution in [0.25, 0.3) is 33.7 Å². The molecule has 150 valence electrons. The average Bonchev–Trinajstić information content (AvgIpc) is 3.42. The number of hydrogen-bond acceptors (Lipinski definition) is 7. The summed E-state index contributed by atoms with van der Waals surface area (Å²) in [4.78, 5) is 11.2. The molecule has 1 aliphatic rings. The third-order valence-electron chi connectivity index (χ3n) is 5.69. The van der Waals surface area contributed by atoms with E-state index in [9.17, 15) is 5.26 Å². The van der Waals surface area contributed by atoms with Crippen molar-refractivity contribution in [2.45, 2.75) is 18.9 Å². The van der Waals surface area contributed by atoms with Crippen molar-refractivity contribution in [3.05, 3.63) is 48.4 Å². The van der Waals surface area contributed by atoms with Crippen molar-refractivity contribution < 1.29 is 4.42 Å². The number of nitrogens with two attached hydrogens (primary N) is 1. The van der Waals surface area contributed by atoms with E-state index >= 15 is 0 Å². The first-order chi connectivity index (χ1) is 14.6. The second-order valence-corrected chi connectivity index (χ2v) is 7.68. The molecule has 0 aliphatic carbocycles. The number of anilines is 1. The van der Waals surface area contributed by atoms with E-state index in [4.69, 9.17) is 10.2 Å². The molecule has 4 aromatic rings. The molecule has 1 aliphatic heterocycles. The number of fused-ring (bicyclic) bond motifs is 1. The number of hydrogen-bond donors (Lipinski definition) is 1. The number of nitrogen functional groups attached to an aromatic ring is 1. The van der Waals surface area contributed by atoms with Crippen LogP contribution in [0, 0.1) is 11.3 Å². The van der Waals surface area contributed by atoms with E-state index in [-0.39, 0.29) is 0 Å². The zero-order valence-electron chi connectivity index (χ0n) is 16.6. The van der Waals surface area contributed by atoms with E-state index in [1.54, 1.807) is 24.4 Å². The maximum absolute atomic E-state index is 9.31. The maximum atomic E-state index is 9.31. The first-order valence-electron chi connectivity index (χ1n) is 9.91. The molecule has 8 nitrogen and oxygen atoms in total. The Hall–Kier alpha value is -3.70. The second kappa shape index (κ2) is 7.28. The quantitative estimate of drug-likeness (QED) is 0.561. The summed E-state index contributed by atoms with van der Waals surface area (Å²) >= 11 is 0. The van der Waals surface area contributed by atoms with Crippen LogP contribution in [0.3, 0.4) is 0 Å². The number of rotatable bonds is 3. The molecule has 2 N–H and O–H groups in total. The van der Waals surface area contributed by atoms with E-state index in [0.717, 1.165) is 37.1 Å². The Balaban J connectivity index is 1.50. The fraction of sp³-hybridized carbons (Fsp3) is 0.273. The van der Waals surface area contributed by atoms with Crippen molar-refractivity contribution in [2.24, 2.45) is 0 Å². The second-order valence-electron chi connectivity index (χ2n) is 7.68. The molecule has 1 fully saturated rings. The van der Waals surface area contributed by atoms with Gasteiger partial charge in [0.15, 0.2) is 5.58 Å². The number of pyridine rings is 1. The number of likely N-dealkylation sites (tertiary alicyclic amines) is 1. The lowest BCUT2D eigenvalue weighted by Crippen LogP contribution is -2.31. The number of oxazole rings is 1. The Kier molecular flexibility index (Phi) is 4.45. The van der Waals surface area contributed by atoms with Crippen molar-refractivity contribution in [1.82, 2.24) is 24.6 Å². The fourth-order valence-electron chi connectivity index (χ4n) is 3.90. The summed E-state index contributed by atoms with van der Waals surface area (Å²) in [6.07, 6.45) is 7.83. The highest BCUT2D eigenvalue weighted by Gasteiger charge is 2.20. The van der Waals surface area contributed by atoms with Gasteiger partial charge >= 0.3 is 0 Å². The van der Waals surface area contributed by atoms with Gasteiger partial charge in [0, 0.05) is 23.5 Å². The zero-order valence-corrected chi connectivity index (χ0v) is 16.6. The van der Waals surface area contributed by atoms with Crippen LogP contribution in [-0.2, 0) is 0 Å². The SMILES string of the molecule is CN1CCC(n2cc(-c3cnc(N)c(-c4nc5c(C#N)cccc5o4)c3)cn2)CC1. The Labute approximate surface area is 173 Å². The largest absolute Gasteiger partial charge is 0.436 e. The maximum Gasteiger partial charge on any atom is 0.231 e. The summed E-state index contributed by atoms with van der Waals surface area (Å²) in [5.74, 6) is 0.675. The number of nitriles is 1. The van der Waals surface area contributed by atoms with Crippen LogP contribution in [0.5, 0.6) is 0 Å². The minimum Gasteiger partial charge on any atom is -0.436 e. The number of benzene rings is 1. The van der Waals surface area contributed by atoms with Gasteiger partial charge in [-0.25, -0.2) is 9.97 Å². The highest BCUT2D eigenvalue weighted by molar-refractivity contribution is 5.84. The van der Waals surface area contributed by atoms with Crippen molar-refractivity contribution in [3.8, 4) is 28.7 Å². The highest BCUT2D eigenvalue weighted by atomic mass is 16.3. The van der Waals surface area contributed by atoms with Gasteiger partial charge in [0.25, 0.3) is 0 Å². The van der Waals surface area contributed by atoms with E-state index in [1.807, 2.05) is 12.3 Å². The summed E-state index contributed by atoms with van der Waals surface area (Å²) < 4.78 is 7.92. The monoisotopic (exact) mass is 399 g/mol. The normalized spacial score (nSPS) is 15.5. The lowest BCUT2D eigenvalue weighted by Gasteiger charge is -2.28. The molecule has 0 atom stereocenters. The van der Waals surface area contributed by atoms with Gasteiger partial charge < -0.3 is 15.1 Å². The van der Waals surface area contributed by atoms with Gasteiger partial charge in [0.2, 0.25) is 5.89 Å². The molecule has 5 rings (SSSR count). The van der Waals surface area contributed by atoms with Crippen molar-refractivity contribution in [2.75, 3.05) is 25.9 Å². The molecule has 0 amide bonds. The van der Waals surface area contributed by atoms with Gasteiger partial charge in [-0.15, -0.1) is 0 Å². The highest BCUT2D eigenvalue weighted by Crippen LogP contribution is 2.32. The summed E-state index contributed by atoms with van der Waals surface area (Å²) in [7, 11) is 2.15. The first kappa shape index (κ1) is 18.3. The fourth-order valence-corrected chi connectivity index (χ4v) is 3.90. The van der Waals surface area contributed by atoms with Crippen LogP contribution in [0.2, 0.25) is 0 Å². The van der Waals surface area contributed by atoms with E-state index in [2.05, 4.69) is 44.0 Å². The molecule has 3 aromatic heterocycles. The summed E-state index contributed by atoms with van der Waals surface area (Å²) in [5, 5.41) is 13.9. The van der Waals surface area contributed by atoms with E-state index in [0.29, 0.717) is 40.0 Å². The van der Waals surface area contributed by atoms with Gasteiger partial charge in [-0.3, -0.25) is 4.68 Å². The van der Waals surface area contributed by atoms with Crippen molar-refractivity contribution >= 4 is 16.9 Å². The Morgan fingerprint density at radius 3 is 2.83 bits per heavy atom. The van der Waals surface area contributed by atoms with Crippen molar-refractivity contribution in [3.63, 3.8) is 0 Å². The van der Waals surface area contributed by atoms with Crippen LogP contribution in [0.4, 0.5) is 5.82 Å². The minimum absolute atomic E-state index is 0.325. The number of nitrogens with zero attached hydrogens (tertiary/aromatic N) is 6. The number of para-hydroxylation sites is 1. The van der Waals surface area contributed by atoms with E-state index in [1.165, 1.54) is 0 Å². The molecule has 0 radical (unpaired) electrons. The van der Waals surface area contributed by atoms with Crippen LogP contribution in [-0.4, -0.2) is 44.8 Å². The molecule has 30 heavy (non-hydrogen) atoms. The minimum atomic E-state index is 0.325. The van der Waals surface area contributed by atoms with E-state index < -0.39 is 0 Å². The average molecular weight is 399 g/mol. The van der Waals surface area contributed by atoms with Gasteiger partial charge in [0.1, 0.15) is 17.4 Å². The van der Waals surface area contributed by atoms with Crippen molar-refractivity contribution in [1.29, 1.82) is 5.26 Å². The summed E-state index contributed by atoms with van der Waals surface area (Å²) in [6.45, 7) is 2.16. The van der Waals surface area contributed by atoms with Crippen LogP contribution in [0.15, 0.2) is 47.3 Å². The molecule has 4 heterocycles. The molecule has 0 spiro atoms. The summed E-state index contributed by atoms with van der Waals surface area (Å²) in [6, 6.07) is 9.73. The third-order valence-corrected chi connectivity index (χ3v) is 5.69. The third kappa shape index (κ3) is 3.19. The van der Waals surface area contributed by atoms with Gasteiger partial charge in [-0.05, 0) is 51.2 Å². The predicted octanol–water partition coefficient (Wildman–Crippen LogP) is 3.47.